The minimum atomic E-state index is -0.583. The fraction of sp³-hybridized carbons (Fsp3) is 0.143. The topological polar surface area (TPSA) is 99.3 Å². The molecule has 150 valence electrons. The molecule has 3 rings (SSSR count). The quantitative estimate of drug-likeness (QED) is 0.610. The molecule has 29 heavy (non-hydrogen) atoms. The van der Waals surface area contributed by atoms with E-state index in [-0.39, 0.29) is 12.2 Å². The molecule has 0 aliphatic rings. The lowest BCUT2D eigenvalue weighted by Gasteiger charge is -2.11. The van der Waals surface area contributed by atoms with E-state index < -0.39 is 5.91 Å². The first-order valence-electron chi connectivity index (χ1n) is 8.84. The number of hydrogen-bond donors (Lipinski definition) is 2. The van der Waals surface area contributed by atoms with Gasteiger partial charge in [-0.05, 0) is 55.0 Å². The molecule has 0 aliphatic carbocycles. The number of aromatic amines is 1. The first-order chi connectivity index (χ1) is 13.9. The summed E-state index contributed by atoms with van der Waals surface area (Å²) in [5.41, 5.74) is 6.24. The van der Waals surface area contributed by atoms with Crippen molar-refractivity contribution in [2.75, 3.05) is 13.2 Å². The molecule has 0 saturated carbocycles. The van der Waals surface area contributed by atoms with Crippen molar-refractivity contribution in [3.05, 3.63) is 74.0 Å². The summed E-state index contributed by atoms with van der Waals surface area (Å²) in [7, 11) is 0. The van der Waals surface area contributed by atoms with Gasteiger partial charge in [0.25, 0.3) is 11.5 Å². The van der Waals surface area contributed by atoms with Crippen LogP contribution in [0.4, 0.5) is 0 Å². The minimum absolute atomic E-state index is 0.246. The number of carbonyl (C=O) groups excluding carboxylic acids is 1. The van der Waals surface area contributed by atoms with Gasteiger partial charge in [-0.3, -0.25) is 14.7 Å². The number of rotatable bonds is 7. The number of aromatic nitrogens is 2. The zero-order chi connectivity index (χ0) is 21.0. The fourth-order valence-electron chi connectivity index (χ4n) is 2.73. The lowest BCUT2D eigenvalue weighted by atomic mass is 10.1. The third-order valence-corrected chi connectivity index (χ3v) is 4.29. The number of H-pyrrole nitrogens is 1. The second-order valence-corrected chi connectivity index (χ2v) is 6.60. The molecule has 1 aromatic heterocycles. The summed E-state index contributed by atoms with van der Waals surface area (Å²) >= 11 is 5.91. The van der Waals surface area contributed by atoms with Crippen LogP contribution in [-0.4, -0.2) is 28.9 Å². The largest absolute Gasteiger partial charge is 0.490 e. The molecule has 0 fully saturated rings. The molecule has 1 amide bonds. The Hall–Kier alpha value is -3.45. The molecule has 8 heteroatoms. The number of halogens is 1. The van der Waals surface area contributed by atoms with Crippen LogP contribution in [0.25, 0.3) is 18.3 Å². The third kappa shape index (κ3) is 4.70. The van der Waals surface area contributed by atoms with Crippen molar-refractivity contribution in [1.82, 2.24) is 9.78 Å². The average molecular weight is 414 g/mol. The van der Waals surface area contributed by atoms with Gasteiger partial charge in [-0.2, -0.15) is 0 Å². The Morgan fingerprint density at radius 2 is 1.93 bits per heavy atom. The van der Waals surface area contributed by atoms with Crippen molar-refractivity contribution in [3.63, 3.8) is 0 Å². The molecule has 0 atom stereocenters. The molecular weight excluding hydrogens is 394 g/mol. The highest BCUT2D eigenvalue weighted by atomic mass is 35.5. The summed E-state index contributed by atoms with van der Waals surface area (Å²) in [6.45, 7) is 5.91. The van der Waals surface area contributed by atoms with Crippen molar-refractivity contribution < 1.29 is 14.3 Å². The van der Waals surface area contributed by atoms with Crippen LogP contribution in [0, 0.1) is 0 Å². The van der Waals surface area contributed by atoms with Crippen LogP contribution in [0.1, 0.15) is 12.5 Å². The molecule has 0 unspecified atom stereocenters. The zero-order valence-corrected chi connectivity index (χ0v) is 16.5. The summed E-state index contributed by atoms with van der Waals surface area (Å²) < 4.78 is 12.3. The minimum Gasteiger partial charge on any atom is -0.490 e. The number of primary amides is 1. The second kappa shape index (κ2) is 8.70. The van der Waals surface area contributed by atoms with E-state index >= 15 is 0 Å². The van der Waals surface area contributed by atoms with Gasteiger partial charge < -0.3 is 15.2 Å². The molecule has 7 nitrogen and oxygen atoms in total. The summed E-state index contributed by atoms with van der Waals surface area (Å²) in [5, 5.41) is 4.42. The molecule has 3 aromatic rings. The van der Waals surface area contributed by atoms with Crippen LogP contribution >= 0.6 is 11.6 Å². The molecule has 3 N–H and O–H groups in total. The maximum atomic E-state index is 12.9. The van der Waals surface area contributed by atoms with E-state index in [2.05, 4.69) is 11.7 Å². The Balaban J connectivity index is 2.03. The smallest absolute Gasteiger partial charge is 0.279 e. The Kier molecular flexibility index (Phi) is 6.09. The number of nitrogens with zero attached hydrogens (tertiary/aromatic N) is 1. The zero-order valence-electron chi connectivity index (χ0n) is 15.8. The monoisotopic (exact) mass is 413 g/mol. The maximum Gasteiger partial charge on any atom is 0.279 e. The Morgan fingerprint density at radius 1 is 1.21 bits per heavy atom. The number of nitrogens with one attached hydrogen (secondary N) is 1. The van der Waals surface area contributed by atoms with Crippen LogP contribution in [-0.2, 0) is 4.79 Å². The van der Waals surface area contributed by atoms with Gasteiger partial charge in [-0.15, -0.1) is 0 Å². The van der Waals surface area contributed by atoms with Crippen LogP contribution in [0.5, 0.6) is 11.5 Å². The van der Waals surface area contributed by atoms with E-state index in [9.17, 15) is 9.59 Å². The standard InChI is InChI=1S/C21H20ClN3O4/c1-3-28-19-11-14(4-9-18(19)29-12-20(23)26)10-17-13(2)24-25(21(17)27)16-7-5-15(22)6-8-16/h4-11,24H,2-3,12H2,1H3,(H2,23,26)/b17-10+. The van der Waals surface area contributed by atoms with Gasteiger partial charge >= 0.3 is 0 Å². The van der Waals surface area contributed by atoms with Gasteiger partial charge in [-0.25, -0.2) is 4.68 Å². The van der Waals surface area contributed by atoms with E-state index in [0.717, 1.165) is 0 Å². The summed E-state index contributed by atoms with van der Waals surface area (Å²) in [6, 6.07) is 12.0. The molecular formula is C21H20ClN3O4. The van der Waals surface area contributed by atoms with Crippen LogP contribution < -0.4 is 31.3 Å². The average Bonchev–Trinajstić information content (AvgIpc) is 2.96. The maximum absolute atomic E-state index is 12.9. The van der Waals surface area contributed by atoms with Crippen molar-refractivity contribution in [1.29, 1.82) is 0 Å². The van der Waals surface area contributed by atoms with Gasteiger partial charge in [0.2, 0.25) is 0 Å². The highest BCUT2D eigenvalue weighted by molar-refractivity contribution is 6.30. The van der Waals surface area contributed by atoms with Crippen LogP contribution in [0.15, 0.2) is 47.3 Å². The van der Waals surface area contributed by atoms with Gasteiger partial charge in [0.1, 0.15) is 0 Å². The Bertz CT molecular complexity index is 1200. The van der Waals surface area contributed by atoms with Crippen molar-refractivity contribution in [2.45, 2.75) is 6.92 Å². The van der Waals surface area contributed by atoms with E-state index in [1.165, 1.54) is 4.68 Å². The van der Waals surface area contributed by atoms with Crippen LogP contribution in [0.3, 0.4) is 0 Å². The molecule has 0 saturated heterocycles. The van der Waals surface area contributed by atoms with Crippen molar-refractivity contribution >= 4 is 30.2 Å². The van der Waals surface area contributed by atoms with Crippen LogP contribution in [0.2, 0.25) is 5.02 Å². The number of ether oxygens (including phenoxy) is 2. The number of amides is 1. The first-order valence-corrected chi connectivity index (χ1v) is 9.22. The van der Waals surface area contributed by atoms with E-state index in [1.807, 2.05) is 6.92 Å². The van der Waals surface area contributed by atoms with E-state index in [1.54, 1.807) is 48.5 Å². The lowest BCUT2D eigenvalue weighted by molar-refractivity contribution is -0.119. The molecule has 2 aromatic carbocycles. The SMILES string of the molecule is C=c1[nH]n(-c2ccc(Cl)cc2)c(=O)/c1=C/c1ccc(OCC(N)=O)c(OCC)c1. The van der Waals surface area contributed by atoms with Crippen molar-refractivity contribution in [3.8, 4) is 17.2 Å². The molecule has 0 spiro atoms. The molecule has 1 heterocycles. The predicted molar refractivity (Wildman–Crippen MR) is 112 cm³/mol. The fourth-order valence-corrected chi connectivity index (χ4v) is 2.86. The van der Waals surface area contributed by atoms with E-state index in [0.29, 0.717) is 44.9 Å². The van der Waals surface area contributed by atoms with E-state index in [4.69, 9.17) is 26.8 Å². The lowest BCUT2D eigenvalue weighted by Crippen LogP contribution is -2.33. The van der Waals surface area contributed by atoms with Gasteiger partial charge in [0.05, 0.1) is 22.9 Å². The highest BCUT2D eigenvalue weighted by Gasteiger charge is 2.09. The normalized spacial score (nSPS) is 11.4. The molecule has 0 radical (unpaired) electrons. The molecule has 0 bridgehead atoms. The Morgan fingerprint density at radius 3 is 2.59 bits per heavy atom. The summed E-state index contributed by atoms with van der Waals surface area (Å²) in [5.74, 6) is 0.256. The summed E-state index contributed by atoms with van der Waals surface area (Å²) in [4.78, 5) is 23.8. The van der Waals surface area contributed by atoms with Gasteiger partial charge in [0.15, 0.2) is 18.1 Å². The number of benzene rings is 2. The van der Waals surface area contributed by atoms with Crippen molar-refractivity contribution in [2.24, 2.45) is 5.73 Å². The van der Waals surface area contributed by atoms with Gasteiger partial charge in [-0.1, -0.05) is 24.2 Å². The second-order valence-electron chi connectivity index (χ2n) is 6.16. The summed E-state index contributed by atoms with van der Waals surface area (Å²) in [6.07, 6.45) is 1.70. The number of nitrogens with two attached hydrogens (primary N) is 1. The van der Waals surface area contributed by atoms with Gasteiger partial charge in [0, 0.05) is 5.02 Å². The Labute approximate surface area is 171 Å². The third-order valence-electron chi connectivity index (χ3n) is 4.04. The number of hydrogen-bond acceptors (Lipinski definition) is 4. The predicted octanol–water partition coefficient (Wildman–Crippen LogP) is 1.32. The first kappa shape index (κ1) is 20.3. The molecule has 0 aliphatic heterocycles. The number of carbonyl (C=O) groups is 1. The highest BCUT2D eigenvalue weighted by Crippen LogP contribution is 2.28.